The molecule has 16 heavy (non-hydrogen) atoms. The summed E-state index contributed by atoms with van der Waals surface area (Å²) in [5, 5.41) is 3.64. The van der Waals surface area contributed by atoms with E-state index in [0.29, 0.717) is 12.0 Å². The maximum atomic E-state index is 3.64. The molecule has 0 spiro atoms. The molecule has 1 N–H and O–H groups in total. The second-order valence-corrected chi connectivity index (χ2v) is 5.29. The molecule has 1 nitrogen and oxygen atoms in total. The van der Waals surface area contributed by atoms with Gasteiger partial charge in [-0.05, 0) is 36.6 Å². The number of halogens is 1. The van der Waals surface area contributed by atoms with Crippen LogP contribution in [0.2, 0.25) is 0 Å². The Bertz CT molecular complexity index is 311. The smallest absolute Gasteiger partial charge is 0.0346 e. The van der Waals surface area contributed by atoms with Crippen LogP contribution in [0.1, 0.15) is 45.2 Å². The van der Waals surface area contributed by atoms with Crippen LogP contribution in [0.25, 0.3) is 0 Å². The fourth-order valence-corrected chi connectivity index (χ4v) is 2.30. The summed E-state index contributed by atoms with van der Waals surface area (Å²) in [5.74, 6) is 0.667. The average Bonchev–Trinajstić information content (AvgIpc) is 2.29. The van der Waals surface area contributed by atoms with Crippen molar-refractivity contribution >= 4 is 15.9 Å². The maximum absolute atomic E-state index is 3.64. The van der Waals surface area contributed by atoms with Crippen LogP contribution in [0.3, 0.4) is 0 Å². The molecule has 0 aliphatic heterocycles. The van der Waals surface area contributed by atoms with Gasteiger partial charge in [-0.25, -0.2) is 0 Å². The zero-order valence-corrected chi connectivity index (χ0v) is 12.0. The maximum Gasteiger partial charge on any atom is 0.0346 e. The van der Waals surface area contributed by atoms with Gasteiger partial charge in [0.2, 0.25) is 0 Å². The predicted molar refractivity (Wildman–Crippen MR) is 74.6 cm³/mol. The van der Waals surface area contributed by atoms with Gasteiger partial charge in [-0.3, -0.25) is 0 Å². The van der Waals surface area contributed by atoms with Crippen LogP contribution in [0.15, 0.2) is 28.7 Å². The van der Waals surface area contributed by atoms with Crippen LogP contribution in [0, 0.1) is 5.92 Å². The second kappa shape index (κ2) is 7.08. The highest BCUT2D eigenvalue weighted by Crippen LogP contribution is 2.26. The normalized spacial score (nSPS) is 14.8. The summed E-state index contributed by atoms with van der Waals surface area (Å²) in [7, 11) is 0. The first-order chi connectivity index (χ1) is 7.69. The fraction of sp³-hybridized carbons (Fsp3) is 0.571. The van der Waals surface area contributed by atoms with Gasteiger partial charge in [0.1, 0.15) is 0 Å². The highest BCUT2D eigenvalue weighted by Gasteiger charge is 2.16. The standard InChI is InChI=1S/C14H22BrN/c1-4-9-16-14(11(3)5-2)12-7-6-8-13(15)10-12/h6-8,10-11,14,16H,4-5,9H2,1-3H3. The summed E-state index contributed by atoms with van der Waals surface area (Å²) in [4.78, 5) is 0. The molecule has 90 valence electrons. The average molecular weight is 284 g/mol. The van der Waals surface area contributed by atoms with Crippen LogP contribution in [0.5, 0.6) is 0 Å². The summed E-state index contributed by atoms with van der Waals surface area (Å²) < 4.78 is 1.16. The van der Waals surface area contributed by atoms with Crippen molar-refractivity contribution in [1.82, 2.24) is 5.32 Å². The third-order valence-electron chi connectivity index (χ3n) is 3.04. The number of rotatable bonds is 6. The summed E-state index contributed by atoms with van der Waals surface area (Å²) in [6.45, 7) is 7.86. The van der Waals surface area contributed by atoms with Crippen LogP contribution in [0.4, 0.5) is 0 Å². The second-order valence-electron chi connectivity index (χ2n) is 4.37. The van der Waals surface area contributed by atoms with Crippen molar-refractivity contribution in [3.05, 3.63) is 34.3 Å². The van der Waals surface area contributed by atoms with E-state index in [9.17, 15) is 0 Å². The van der Waals surface area contributed by atoms with E-state index >= 15 is 0 Å². The topological polar surface area (TPSA) is 12.0 Å². The van der Waals surface area contributed by atoms with E-state index in [1.54, 1.807) is 0 Å². The molecule has 0 radical (unpaired) electrons. The van der Waals surface area contributed by atoms with Gasteiger partial charge in [-0.2, -0.15) is 0 Å². The largest absolute Gasteiger partial charge is 0.310 e. The lowest BCUT2D eigenvalue weighted by Crippen LogP contribution is -2.27. The molecule has 0 saturated heterocycles. The van der Waals surface area contributed by atoms with Crippen molar-refractivity contribution in [2.45, 2.75) is 39.7 Å². The first-order valence-corrected chi connectivity index (χ1v) is 6.97. The lowest BCUT2D eigenvalue weighted by atomic mass is 9.92. The predicted octanol–water partition coefficient (Wildman–Crippen LogP) is 4.54. The Morgan fingerprint density at radius 2 is 2.06 bits per heavy atom. The molecular formula is C14H22BrN. The first-order valence-electron chi connectivity index (χ1n) is 6.17. The molecule has 0 fully saturated rings. The van der Waals surface area contributed by atoms with Gasteiger partial charge in [0.15, 0.2) is 0 Å². The minimum Gasteiger partial charge on any atom is -0.310 e. The summed E-state index contributed by atoms with van der Waals surface area (Å²) in [6, 6.07) is 9.10. The molecular weight excluding hydrogens is 262 g/mol. The highest BCUT2D eigenvalue weighted by molar-refractivity contribution is 9.10. The molecule has 1 rings (SSSR count). The van der Waals surface area contributed by atoms with Gasteiger partial charge >= 0.3 is 0 Å². The van der Waals surface area contributed by atoms with Crippen molar-refractivity contribution < 1.29 is 0 Å². The number of benzene rings is 1. The molecule has 0 amide bonds. The molecule has 2 heteroatoms. The molecule has 0 bridgehead atoms. The summed E-state index contributed by atoms with van der Waals surface area (Å²) >= 11 is 3.54. The lowest BCUT2D eigenvalue weighted by molar-refractivity contribution is 0.377. The van der Waals surface area contributed by atoms with Crippen LogP contribution in [-0.2, 0) is 0 Å². The van der Waals surface area contributed by atoms with Crippen molar-refractivity contribution in [2.24, 2.45) is 5.92 Å². The van der Waals surface area contributed by atoms with E-state index in [0.717, 1.165) is 11.0 Å². The van der Waals surface area contributed by atoms with E-state index in [1.165, 1.54) is 18.4 Å². The van der Waals surface area contributed by atoms with Gasteiger partial charge in [0, 0.05) is 10.5 Å². The van der Waals surface area contributed by atoms with Gasteiger partial charge < -0.3 is 5.32 Å². The van der Waals surface area contributed by atoms with Crippen molar-refractivity contribution in [3.8, 4) is 0 Å². The first kappa shape index (κ1) is 13.7. The molecule has 2 unspecified atom stereocenters. The van der Waals surface area contributed by atoms with Crippen LogP contribution in [-0.4, -0.2) is 6.54 Å². The third-order valence-corrected chi connectivity index (χ3v) is 3.53. The Kier molecular flexibility index (Phi) is 6.07. The third kappa shape index (κ3) is 3.91. The van der Waals surface area contributed by atoms with E-state index in [-0.39, 0.29) is 0 Å². The van der Waals surface area contributed by atoms with Crippen molar-refractivity contribution in [1.29, 1.82) is 0 Å². The Balaban J connectivity index is 2.82. The van der Waals surface area contributed by atoms with E-state index in [1.807, 2.05) is 0 Å². The molecule has 0 aliphatic rings. The molecule has 1 aromatic carbocycles. The lowest BCUT2D eigenvalue weighted by Gasteiger charge is -2.25. The van der Waals surface area contributed by atoms with E-state index < -0.39 is 0 Å². The Hall–Kier alpha value is -0.340. The van der Waals surface area contributed by atoms with Gasteiger partial charge in [0.05, 0.1) is 0 Å². The Morgan fingerprint density at radius 3 is 2.62 bits per heavy atom. The van der Waals surface area contributed by atoms with Crippen LogP contribution < -0.4 is 5.32 Å². The molecule has 0 aliphatic carbocycles. The highest BCUT2D eigenvalue weighted by atomic mass is 79.9. The fourth-order valence-electron chi connectivity index (χ4n) is 1.88. The molecule has 1 aromatic rings. The van der Waals surface area contributed by atoms with E-state index in [4.69, 9.17) is 0 Å². The van der Waals surface area contributed by atoms with Gasteiger partial charge in [-0.15, -0.1) is 0 Å². The van der Waals surface area contributed by atoms with Crippen LogP contribution >= 0.6 is 15.9 Å². The quantitative estimate of drug-likeness (QED) is 0.809. The zero-order chi connectivity index (χ0) is 12.0. The molecule has 0 heterocycles. The van der Waals surface area contributed by atoms with E-state index in [2.05, 4.69) is 66.3 Å². The number of hydrogen-bond donors (Lipinski definition) is 1. The van der Waals surface area contributed by atoms with Gasteiger partial charge in [0.25, 0.3) is 0 Å². The van der Waals surface area contributed by atoms with Gasteiger partial charge in [-0.1, -0.05) is 55.3 Å². The van der Waals surface area contributed by atoms with Crippen molar-refractivity contribution in [3.63, 3.8) is 0 Å². The summed E-state index contributed by atoms with van der Waals surface area (Å²) in [6.07, 6.45) is 2.38. The molecule has 0 saturated carbocycles. The zero-order valence-electron chi connectivity index (χ0n) is 10.5. The summed E-state index contributed by atoms with van der Waals surface area (Å²) in [5.41, 5.74) is 1.39. The van der Waals surface area contributed by atoms with Crippen molar-refractivity contribution in [2.75, 3.05) is 6.54 Å². The Labute approximate surface area is 108 Å². The molecule has 2 atom stereocenters. The SMILES string of the molecule is CCCNC(c1cccc(Br)c1)C(C)CC. The number of hydrogen-bond acceptors (Lipinski definition) is 1. The monoisotopic (exact) mass is 283 g/mol. The minimum atomic E-state index is 0.474. The number of nitrogens with one attached hydrogen (secondary N) is 1. The molecule has 0 aromatic heterocycles. The minimum absolute atomic E-state index is 0.474. The Morgan fingerprint density at radius 1 is 1.31 bits per heavy atom.